The number of benzene rings is 4. The Kier molecular flexibility index (Phi) is 11.4. The maximum atomic E-state index is 10.9. The molecule has 0 aromatic heterocycles. The van der Waals surface area contributed by atoms with Crippen LogP contribution in [0.1, 0.15) is 31.8 Å². The highest BCUT2D eigenvalue weighted by molar-refractivity contribution is 5.79. The van der Waals surface area contributed by atoms with E-state index in [1.807, 2.05) is 60.7 Å². The first-order chi connectivity index (χ1) is 19.6. The number of methoxy groups -OCH3 is 4. The zero-order chi connectivity index (χ0) is 28.7. The Morgan fingerprint density at radius 1 is 0.500 bits per heavy atom. The lowest BCUT2D eigenvalue weighted by Gasteiger charge is -2.15. The highest BCUT2D eigenvalue weighted by Gasteiger charge is 2.15. The lowest BCUT2D eigenvalue weighted by atomic mass is 10.2. The Labute approximate surface area is 234 Å². The Hall–Kier alpha value is -4.98. The maximum absolute atomic E-state index is 10.9. The summed E-state index contributed by atoms with van der Waals surface area (Å²) in [5, 5.41) is 0. The van der Waals surface area contributed by atoms with Gasteiger partial charge in [-0.15, -0.1) is 0 Å². The van der Waals surface area contributed by atoms with Crippen molar-refractivity contribution in [3.63, 3.8) is 0 Å². The molecule has 4 aromatic carbocycles. The van der Waals surface area contributed by atoms with Crippen LogP contribution in [0.5, 0.6) is 34.5 Å². The van der Waals surface area contributed by atoms with E-state index in [1.54, 1.807) is 24.3 Å². The molecular weight excluding hydrogens is 512 g/mol. The van der Waals surface area contributed by atoms with E-state index in [-0.39, 0.29) is 0 Å². The molecule has 4 rings (SSSR count). The van der Waals surface area contributed by atoms with Crippen LogP contribution in [0.2, 0.25) is 0 Å². The predicted molar refractivity (Wildman–Crippen MR) is 151 cm³/mol. The van der Waals surface area contributed by atoms with E-state index in [9.17, 15) is 9.59 Å². The average molecular weight is 545 g/mol. The molecule has 0 bridgehead atoms. The van der Waals surface area contributed by atoms with Gasteiger partial charge in [-0.25, -0.2) is 0 Å². The minimum Gasteiger partial charge on any atom is -0.493 e. The highest BCUT2D eigenvalue weighted by atomic mass is 16.5. The van der Waals surface area contributed by atoms with Crippen molar-refractivity contribution in [1.82, 2.24) is 0 Å². The SMILES string of the molecule is COc1cc(C=O)cc(OC)c1OCc1ccccc1.COc1cc(C=O)cc(OC)c1OCc1ccccc1. The van der Waals surface area contributed by atoms with E-state index in [0.717, 1.165) is 23.7 Å². The Bertz CT molecular complexity index is 1210. The summed E-state index contributed by atoms with van der Waals surface area (Å²) in [4.78, 5) is 21.8. The third-order valence-corrected chi connectivity index (χ3v) is 5.69. The van der Waals surface area contributed by atoms with E-state index < -0.39 is 0 Å². The number of carbonyl (C=O) groups is 2. The lowest BCUT2D eigenvalue weighted by Crippen LogP contribution is -2.01. The number of hydrogen-bond acceptors (Lipinski definition) is 8. The summed E-state index contributed by atoms with van der Waals surface area (Å²) in [6, 6.07) is 26.1. The number of rotatable bonds is 12. The van der Waals surface area contributed by atoms with Crippen LogP contribution >= 0.6 is 0 Å². The molecule has 0 aliphatic rings. The fourth-order valence-corrected chi connectivity index (χ4v) is 3.68. The van der Waals surface area contributed by atoms with Gasteiger partial charge in [0, 0.05) is 11.1 Å². The molecule has 0 fully saturated rings. The van der Waals surface area contributed by atoms with E-state index in [1.165, 1.54) is 28.4 Å². The summed E-state index contributed by atoms with van der Waals surface area (Å²) in [5.74, 6) is 2.88. The van der Waals surface area contributed by atoms with Gasteiger partial charge in [0.2, 0.25) is 11.5 Å². The summed E-state index contributed by atoms with van der Waals surface area (Å²) < 4.78 is 32.6. The molecule has 0 unspecified atom stereocenters. The largest absolute Gasteiger partial charge is 0.493 e. The van der Waals surface area contributed by atoms with Crippen molar-refractivity contribution in [2.45, 2.75) is 13.2 Å². The molecule has 0 aliphatic carbocycles. The monoisotopic (exact) mass is 544 g/mol. The third-order valence-electron chi connectivity index (χ3n) is 5.69. The van der Waals surface area contributed by atoms with E-state index in [0.29, 0.717) is 58.8 Å². The Balaban J connectivity index is 0.000000220. The Morgan fingerprint density at radius 2 is 0.800 bits per heavy atom. The van der Waals surface area contributed by atoms with E-state index >= 15 is 0 Å². The summed E-state index contributed by atoms with van der Waals surface area (Å²) in [7, 11) is 6.11. The molecule has 0 radical (unpaired) electrons. The van der Waals surface area contributed by atoms with E-state index in [2.05, 4.69) is 0 Å². The van der Waals surface area contributed by atoms with Crippen LogP contribution in [0, 0.1) is 0 Å². The van der Waals surface area contributed by atoms with E-state index in [4.69, 9.17) is 28.4 Å². The second-order valence-corrected chi connectivity index (χ2v) is 8.29. The molecule has 8 nitrogen and oxygen atoms in total. The van der Waals surface area contributed by atoms with Crippen LogP contribution in [0.15, 0.2) is 84.9 Å². The molecule has 0 saturated heterocycles. The van der Waals surface area contributed by atoms with Crippen LogP contribution in [-0.2, 0) is 13.2 Å². The first kappa shape index (κ1) is 29.6. The molecule has 0 heterocycles. The summed E-state index contributed by atoms with van der Waals surface area (Å²) in [6.45, 7) is 0.794. The van der Waals surface area contributed by atoms with Crippen molar-refractivity contribution in [1.29, 1.82) is 0 Å². The van der Waals surface area contributed by atoms with Crippen LogP contribution in [-0.4, -0.2) is 41.0 Å². The number of hydrogen-bond donors (Lipinski definition) is 0. The van der Waals surface area contributed by atoms with Gasteiger partial charge in [-0.1, -0.05) is 60.7 Å². The van der Waals surface area contributed by atoms with Crippen LogP contribution < -0.4 is 28.4 Å². The fraction of sp³-hybridized carbons (Fsp3) is 0.188. The third kappa shape index (κ3) is 8.01. The van der Waals surface area contributed by atoms with Crippen molar-refractivity contribution in [2.75, 3.05) is 28.4 Å². The van der Waals surface area contributed by atoms with Gasteiger partial charge in [0.15, 0.2) is 23.0 Å². The van der Waals surface area contributed by atoms with Gasteiger partial charge in [0.1, 0.15) is 25.8 Å². The number of carbonyl (C=O) groups excluding carboxylic acids is 2. The van der Waals surface area contributed by atoms with Crippen molar-refractivity contribution in [2.24, 2.45) is 0 Å². The molecule has 0 N–H and O–H groups in total. The first-order valence-electron chi connectivity index (χ1n) is 12.3. The molecule has 4 aromatic rings. The first-order valence-corrected chi connectivity index (χ1v) is 12.3. The fourth-order valence-electron chi connectivity index (χ4n) is 3.68. The van der Waals surface area contributed by atoms with Crippen LogP contribution in [0.4, 0.5) is 0 Å². The summed E-state index contributed by atoms with van der Waals surface area (Å²) in [6.07, 6.45) is 1.48. The van der Waals surface area contributed by atoms with Crippen LogP contribution in [0.25, 0.3) is 0 Å². The second kappa shape index (κ2) is 15.4. The molecule has 40 heavy (non-hydrogen) atoms. The minimum absolute atomic E-state index is 0.397. The zero-order valence-corrected chi connectivity index (χ0v) is 22.9. The van der Waals surface area contributed by atoms with Crippen molar-refractivity contribution >= 4 is 12.6 Å². The molecule has 0 saturated carbocycles. The van der Waals surface area contributed by atoms with Crippen LogP contribution in [0.3, 0.4) is 0 Å². The highest BCUT2D eigenvalue weighted by Crippen LogP contribution is 2.39. The average Bonchev–Trinajstić information content (AvgIpc) is 3.03. The quantitative estimate of drug-likeness (QED) is 0.195. The lowest BCUT2D eigenvalue weighted by molar-refractivity contribution is 0.111. The second-order valence-electron chi connectivity index (χ2n) is 8.29. The minimum atomic E-state index is 0.397. The summed E-state index contributed by atoms with van der Waals surface area (Å²) in [5.41, 5.74) is 3.03. The number of ether oxygens (including phenoxy) is 6. The molecule has 0 amide bonds. The van der Waals surface area contributed by atoms with Crippen molar-refractivity contribution in [3.8, 4) is 34.5 Å². The van der Waals surface area contributed by atoms with Gasteiger partial charge in [0.25, 0.3) is 0 Å². The summed E-state index contributed by atoms with van der Waals surface area (Å²) >= 11 is 0. The van der Waals surface area contributed by atoms with Gasteiger partial charge in [-0.2, -0.15) is 0 Å². The molecule has 8 heteroatoms. The van der Waals surface area contributed by atoms with Crippen molar-refractivity contribution in [3.05, 3.63) is 107 Å². The molecular formula is C32H32O8. The van der Waals surface area contributed by atoms with Gasteiger partial charge >= 0.3 is 0 Å². The van der Waals surface area contributed by atoms with Crippen molar-refractivity contribution < 1.29 is 38.0 Å². The molecule has 0 spiro atoms. The number of aldehydes is 2. The van der Waals surface area contributed by atoms with Gasteiger partial charge in [-0.05, 0) is 35.4 Å². The van der Waals surface area contributed by atoms with Gasteiger partial charge in [-0.3, -0.25) is 9.59 Å². The molecule has 0 atom stereocenters. The zero-order valence-electron chi connectivity index (χ0n) is 22.9. The smallest absolute Gasteiger partial charge is 0.203 e. The van der Waals surface area contributed by atoms with Gasteiger partial charge in [0.05, 0.1) is 28.4 Å². The Morgan fingerprint density at radius 3 is 1.05 bits per heavy atom. The molecule has 0 aliphatic heterocycles. The molecule has 208 valence electrons. The normalized spacial score (nSPS) is 9.90. The standard InChI is InChI=1S/2C16H16O4/c2*1-18-14-8-13(10-17)9-15(19-2)16(14)20-11-12-6-4-3-5-7-12/h2*3-10H,11H2,1-2H3. The maximum Gasteiger partial charge on any atom is 0.203 e. The topological polar surface area (TPSA) is 89.5 Å². The predicted octanol–water partition coefficient (Wildman–Crippen LogP) is 6.19. The van der Waals surface area contributed by atoms with Gasteiger partial charge < -0.3 is 28.4 Å².